The number of rotatable bonds is 3. The van der Waals surface area contributed by atoms with Gasteiger partial charge in [0.25, 0.3) is 0 Å². The molecule has 1 spiro atoms. The van der Waals surface area contributed by atoms with Crippen molar-refractivity contribution in [2.45, 2.75) is 76.5 Å². The molecule has 28 heavy (non-hydrogen) atoms. The molecular weight excluding hydrogens is 380 g/mol. The van der Waals surface area contributed by atoms with Crippen LogP contribution in [-0.2, 0) is 33.0 Å². The molecule has 2 aliphatic carbocycles. The molecule has 0 unspecified atom stereocenters. The number of carbonyl (C=O) groups is 3. The second-order valence-electron chi connectivity index (χ2n) is 9.60. The third-order valence-electron chi connectivity index (χ3n) is 7.08. The zero-order valence-corrected chi connectivity index (χ0v) is 18.8. The van der Waals surface area contributed by atoms with Gasteiger partial charge in [-0.25, -0.2) is 0 Å². The Hall–Kier alpha value is -1.09. The van der Waals surface area contributed by atoms with Gasteiger partial charge in [-0.3, -0.25) is 14.4 Å². The van der Waals surface area contributed by atoms with Crippen LogP contribution < -0.4 is 0 Å². The highest BCUT2D eigenvalue weighted by atomic mass is 28.4. The quantitative estimate of drug-likeness (QED) is 0.400. The lowest BCUT2D eigenvalue weighted by molar-refractivity contribution is -0.252. The summed E-state index contributed by atoms with van der Waals surface area (Å²) in [5.74, 6) is -3.47. The molecule has 3 rings (SSSR count). The fourth-order valence-corrected chi connectivity index (χ4v) is 6.02. The maximum absolute atomic E-state index is 13.4. The first-order chi connectivity index (χ1) is 12.9. The van der Waals surface area contributed by atoms with Crippen LogP contribution in [0.5, 0.6) is 0 Å². The van der Waals surface area contributed by atoms with Gasteiger partial charge in [-0.1, -0.05) is 20.8 Å². The summed E-state index contributed by atoms with van der Waals surface area (Å²) < 4.78 is 23.5. The van der Waals surface area contributed by atoms with Crippen molar-refractivity contribution in [2.75, 3.05) is 20.3 Å². The molecule has 0 amide bonds. The molecule has 0 bridgehead atoms. The second kappa shape index (κ2) is 7.00. The molecule has 3 fully saturated rings. The number of esters is 1. The number of hydrogen-bond acceptors (Lipinski definition) is 7. The van der Waals surface area contributed by atoms with Crippen molar-refractivity contribution < 1.29 is 33.0 Å². The largest absolute Gasteiger partial charge is 0.468 e. The van der Waals surface area contributed by atoms with Crippen molar-refractivity contribution in [3.63, 3.8) is 0 Å². The minimum atomic E-state index is -2.33. The van der Waals surface area contributed by atoms with E-state index >= 15 is 0 Å². The Labute approximate surface area is 167 Å². The van der Waals surface area contributed by atoms with E-state index in [1.165, 1.54) is 7.11 Å². The highest BCUT2D eigenvalue weighted by Gasteiger charge is 2.73. The van der Waals surface area contributed by atoms with Crippen molar-refractivity contribution in [2.24, 2.45) is 11.3 Å². The second-order valence-corrected chi connectivity index (χ2v) is 14.4. The van der Waals surface area contributed by atoms with E-state index in [9.17, 15) is 14.4 Å². The monoisotopic (exact) mass is 412 g/mol. The van der Waals surface area contributed by atoms with E-state index in [0.29, 0.717) is 19.6 Å². The number of hydrogen-bond donors (Lipinski definition) is 0. The fourth-order valence-electron chi connectivity index (χ4n) is 4.65. The number of carbonyl (C=O) groups excluding carboxylic acids is 3. The normalized spacial score (nSPS) is 33.1. The van der Waals surface area contributed by atoms with Crippen LogP contribution in [0.25, 0.3) is 0 Å². The standard InChI is InChI=1S/C20H32O7Si/c1-18(2,3)28(5,6)27-15-8-7-13(21)16-19(25-11-12-26-19)10-9-14(22)20(15,16)17(23)24-4/h15-16H,7-12H2,1-6H3/t15-,16+,20-/m1/s1. The molecule has 0 aromatic heterocycles. The van der Waals surface area contributed by atoms with Crippen molar-refractivity contribution in [1.82, 2.24) is 0 Å². The summed E-state index contributed by atoms with van der Waals surface area (Å²) in [6.07, 6.45) is 0.189. The van der Waals surface area contributed by atoms with E-state index in [0.717, 1.165) is 0 Å². The van der Waals surface area contributed by atoms with Gasteiger partial charge in [0.05, 0.1) is 32.3 Å². The van der Waals surface area contributed by atoms with E-state index in [-0.39, 0.29) is 35.9 Å². The molecule has 8 heteroatoms. The molecule has 1 heterocycles. The molecule has 1 aliphatic heterocycles. The highest BCUT2D eigenvalue weighted by Crippen LogP contribution is 2.56. The third-order valence-corrected chi connectivity index (χ3v) is 11.6. The van der Waals surface area contributed by atoms with Crippen LogP contribution in [0.15, 0.2) is 0 Å². The predicted octanol–water partition coefficient (Wildman–Crippen LogP) is 2.62. The summed E-state index contributed by atoms with van der Waals surface area (Å²) in [5, 5.41) is -0.114. The minimum absolute atomic E-state index is 0.0935. The van der Waals surface area contributed by atoms with Crippen molar-refractivity contribution in [3.05, 3.63) is 0 Å². The lowest BCUT2D eigenvalue weighted by atomic mass is 9.54. The van der Waals surface area contributed by atoms with E-state index < -0.39 is 37.5 Å². The Kier molecular flexibility index (Phi) is 5.40. The summed E-state index contributed by atoms with van der Waals surface area (Å²) in [5.41, 5.74) is -1.71. The van der Waals surface area contributed by atoms with E-state index in [4.69, 9.17) is 18.6 Å². The first-order valence-corrected chi connectivity index (χ1v) is 12.9. The summed E-state index contributed by atoms with van der Waals surface area (Å²) in [6.45, 7) is 11.1. The summed E-state index contributed by atoms with van der Waals surface area (Å²) in [7, 11) is -1.08. The Bertz CT molecular complexity index is 665. The van der Waals surface area contributed by atoms with Crippen LogP contribution in [-0.4, -0.2) is 58.1 Å². The molecule has 1 saturated heterocycles. The maximum atomic E-state index is 13.4. The SMILES string of the molecule is COC(=O)[C@@]12C(=O)CCC3(OCCO3)[C@@H]1C(=O)CC[C@H]2O[Si](C)(C)C(C)(C)C. The molecule has 7 nitrogen and oxygen atoms in total. The zero-order valence-electron chi connectivity index (χ0n) is 17.8. The number of ketones is 2. The third kappa shape index (κ3) is 3.00. The Balaban J connectivity index is 2.14. The van der Waals surface area contributed by atoms with Gasteiger partial charge in [-0.15, -0.1) is 0 Å². The summed E-state index contributed by atoms with van der Waals surface area (Å²) in [6, 6.07) is 0. The first kappa shape index (κ1) is 21.6. The van der Waals surface area contributed by atoms with Crippen molar-refractivity contribution in [1.29, 1.82) is 0 Å². The number of fused-ring (bicyclic) bond motifs is 2. The molecule has 0 radical (unpaired) electrons. The van der Waals surface area contributed by atoms with E-state index in [1.807, 2.05) is 0 Å². The van der Waals surface area contributed by atoms with Gasteiger partial charge in [0.1, 0.15) is 5.78 Å². The van der Waals surface area contributed by atoms with E-state index in [2.05, 4.69) is 33.9 Å². The van der Waals surface area contributed by atoms with Crippen LogP contribution in [0.1, 0.15) is 46.5 Å². The van der Waals surface area contributed by atoms with Crippen LogP contribution in [0.2, 0.25) is 18.1 Å². The molecule has 2 saturated carbocycles. The Morgan fingerprint density at radius 3 is 2.29 bits per heavy atom. The molecule has 0 aromatic rings. The van der Waals surface area contributed by atoms with Gasteiger partial charge in [0, 0.05) is 19.3 Å². The topological polar surface area (TPSA) is 88.1 Å². The molecule has 158 valence electrons. The first-order valence-electron chi connectivity index (χ1n) is 10.0. The van der Waals surface area contributed by atoms with Gasteiger partial charge in [0.15, 0.2) is 25.3 Å². The van der Waals surface area contributed by atoms with Gasteiger partial charge in [0.2, 0.25) is 0 Å². The maximum Gasteiger partial charge on any atom is 0.322 e. The summed E-state index contributed by atoms with van der Waals surface area (Å²) in [4.78, 5) is 39.7. The average molecular weight is 413 g/mol. The van der Waals surface area contributed by atoms with Crippen molar-refractivity contribution in [3.8, 4) is 0 Å². The Morgan fingerprint density at radius 1 is 1.14 bits per heavy atom. The minimum Gasteiger partial charge on any atom is -0.468 e. The van der Waals surface area contributed by atoms with Crippen LogP contribution in [0, 0.1) is 11.3 Å². The fraction of sp³-hybridized carbons (Fsp3) is 0.850. The van der Waals surface area contributed by atoms with Crippen molar-refractivity contribution >= 4 is 25.9 Å². The average Bonchev–Trinajstić information content (AvgIpc) is 3.07. The molecular formula is C20H32O7Si. The molecule has 3 atom stereocenters. The lowest BCUT2D eigenvalue weighted by Gasteiger charge is -2.55. The van der Waals surface area contributed by atoms with Crippen LogP contribution in [0.4, 0.5) is 0 Å². The number of Topliss-reactive ketones (excluding diaryl/α,β-unsaturated/α-hetero) is 2. The molecule has 0 N–H and O–H groups in total. The predicted molar refractivity (Wildman–Crippen MR) is 103 cm³/mol. The molecule has 3 aliphatic rings. The van der Waals surface area contributed by atoms with Gasteiger partial charge in [-0.2, -0.15) is 0 Å². The van der Waals surface area contributed by atoms with Crippen LogP contribution in [0.3, 0.4) is 0 Å². The van der Waals surface area contributed by atoms with Gasteiger partial charge in [-0.05, 0) is 24.6 Å². The number of ether oxygens (including phenoxy) is 3. The van der Waals surface area contributed by atoms with Crippen LogP contribution >= 0.6 is 0 Å². The highest BCUT2D eigenvalue weighted by molar-refractivity contribution is 6.74. The van der Waals surface area contributed by atoms with Gasteiger partial charge >= 0.3 is 5.97 Å². The molecule has 0 aromatic carbocycles. The smallest absolute Gasteiger partial charge is 0.322 e. The summed E-state index contributed by atoms with van der Waals surface area (Å²) >= 11 is 0. The lowest BCUT2D eigenvalue weighted by Crippen LogP contribution is -2.70. The van der Waals surface area contributed by atoms with Gasteiger partial charge < -0.3 is 18.6 Å². The Morgan fingerprint density at radius 2 is 1.75 bits per heavy atom. The van der Waals surface area contributed by atoms with E-state index in [1.54, 1.807) is 0 Å². The number of methoxy groups -OCH3 is 1. The zero-order chi connectivity index (χ0) is 21.0.